The first kappa shape index (κ1) is 32.9. The molecular weight excluding hydrogens is 669 g/mol. The number of carbonyl (C=O) groups is 2. The topological polar surface area (TPSA) is 117 Å². The van der Waals surface area contributed by atoms with Gasteiger partial charge in [-0.3, -0.25) is 0 Å². The molecule has 2 aliphatic rings. The van der Waals surface area contributed by atoms with Gasteiger partial charge in [-0.15, -0.1) is 0 Å². The van der Waals surface area contributed by atoms with Gasteiger partial charge < -0.3 is 29.2 Å². The molecule has 1 spiro atoms. The number of halogens is 1. The molecule has 1 amide bonds. The average molecular weight is 716 g/mol. The molecule has 13 heteroatoms. The van der Waals surface area contributed by atoms with E-state index in [1.807, 2.05) is 33.8 Å². The molecule has 4 rings (SSSR count). The summed E-state index contributed by atoms with van der Waals surface area (Å²) in [6.07, 6.45) is 1.05. The monoisotopic (exact) mass is 715 g/mol. The van der Waals surface area contributed by atoms with E-state index in [9.17, 15) is 9.59 Å². The summed E-state index contributed by atoms with van der Waals surface area (Å²) in [6, 6.07) is 2.72. The van der Waals surface area contributed by atoms with Crippen LogP contribution < -0.4 is 10.2 Å². The van der Waals surface area contributed by atoms with Gasteiger partial charge in [0, 0.05) is 33.2 Å². The summed E-state index contributed by atoms with van der Waals surface area (Å²) >= 11 is 2.15. The number of carbonyl (C=O) groups excluding carboxylic acids is 2. The highest BCUT2D eigenvalue weighted by Crippen LogP contribution is 2.43. The number of pyridine rings is 1. The zero-order chi connectivity index (χ0) is 30.9. The highest BCUT2D eigenvalue weighted by molar-refractivity contribution is 14.1. The summed E-state index contributed by atoms with van der Waals surface area (Å²) in [5, 5.41) is 8.46. The Morgan fingerprint density at radius 3 is 2.55 bits per heavy atom. The van der Waals surface area contributed by atoms with E-state index in [1.165, 1.54) is 0 Å². The molecule has 2 aliphatic heterocycles. The Hall–Kier alpha value is -1.97. The summed E-state index contributed by atoms with van der Waals surface area (Å²) in [6.45, 7) is 19.5. The van der Waals surface area contributed by atoms with Crippen molar-refractivity contribution in [1.29, 1.82) is 0 Å². The zero-order valence-electron chi connectivity index (χ0n) is 26.2. The number of hydrogen-bond donors (Lipinski definition) is 1. The van der Waals surface area contributed by atoms with Crippen molar-refractivity contribution in [2.75, 3.05) is 37.8 Å². The zero-order valence-corrected chi connectivity index (χ0v) is 29.4. The number of amides is 1. The highest BCUT2D eigenvalue weighted by atomic mass is 127. The lowest BCUT2D eigenvalue weighted by molar-refractivity contribution is 0.0433. The lowest BCUT2D eigenvalue weighted by Crippen LogP contribution is -2.55. The van der Waals surface area contributed by atoms with Gasteiger partial charge in [-0.25, -0.2) is 19.3 Å². The lowest BCUT2D eigenvalue weighted by atomic mass is 9.73. The number of fused-ring (bicyclic) bond motifs is 1. The van der Waals surface area contributed by atoms with Crippen molar-refractivity contribution < 1.29 is 28.5 Å². The van der Waals surface area contributed by atoms with Crippen LogP contribution >= 0.6 is 22.6 Å². The highest BCUT2D eigenvalue weighted by Gasteiger charge is 2.50. The van der Waals surface area contributed by atoms with Crippen LogP contribution in [-0.2, 0) is 25.7 Å². The molecule has 0 aliphatic carbocycles. The molecule has 2 saturated heterocycles. The van der Waals surface area contributed by atoms with Crippen molar-refractivity contribution in [1.82, 2.24) is 20.1 Å². The maximum absolute atomic E-state index is 13.1. The molecule has 2 aromatic rings. The van der Waals surface area contributed by atoms with Gasteiger partial charge in [-0.2, -0.15) is 5.10 Å². The van der Waals surface area contributed by atoms with Gasteiger partial charge >= 0.3 is 12.1 Å². The van der Waals surface area contributed by atoms with Gasteiger partial charge in [0.2, 0.25) is 0 Å². The molecule has 2 aromatic heterocycles. The quantitative estimate of drug-likeness (QED) is 0.157. The molecule has 0 aromatic carbocycles. The summed E-state index contributed by atoms with van der Waals surface area (Å²) in [5.41, 5.74) is 0.281. The van der Waals surface area contributed by atoms with Crippen molar-refractivity contribution in [2.45, 2.75) is 97.6 Å². The number of esters is 1. The lowest BCUT2D eigenvalue weighted by Gasteiger charge is -2.43. The van der Waals surface area contributed by atoms with Crippen LogP contribution in [0, 0.1) is 9.12 Å². The SMILES string of the molecule is CCOC(=O)c1cc(N2CCC3(CC2)CO[C@@H](C)[C@H]3NC(=O)OC(C)(C)C)nc2c1c(I)nn2COCC[Si](C)(C)C. The number of aromatic nitrogens is 3. The number of nitrogens with one attached hydrogen (secondary N) is 1. The fourth-order valence-electron chi connectivity index (χ4n) is 5.59. The first-order chi connectivity index (χ1) is 19.6. The Kier molecular flexibility index (Phi) is 10.1. The minimum atomic E-state index is -1.23. The van der Waals surface area contributed by atoms with Gasteiger partial charge in [0.25, 0.3) is 0 Å². The van der Waals surface area contributed by atoms with Gasteiger partial charge in [0.15, 0.2) is 5.65 Å². The Labute approximate surface area is 263 Å². The van der Waals surface area contributed by atoms with Crippen molar-refractivity contribution in [3.8, 4) is 0 Å². The largest absolute Gasteiger partial charge is 0.462 e. The second-order valence-electron chi connectivity index (χ2n) is 13.6. The third-order valence-electron chi connectivity index (χ3n) is 7.87. The van der Waals surface area contributed by atoms with E-state index >= 15 is 0 Å². The van der Waals surface area contributed by atoms with Crippen LogP contribution in [0.2, 0.25) is 25.7 Å². The fraction of sp³-hybridized carbons (Fsp3) is 0.724. The van der Waals surface area contributed by atoms with Crippen LogP contribution in [0.4, 0.5) is 10.6 Å². The molecule has 0 saturated carbocycles. The molecule has 11 nitrogen and oxygen atoms in total. The van der Waals surface area contributed by atoms with Crippen LogP contribution in [0.3, 0.4) is 0 Å². The van der Waals surface area contributed by atoms with Crippen LogP contribution in [0.5, 0.6) is 0 Å². The number of alkyl carbamates (subject to hydrolysis) is 1. The number of anilines is 1. The van der Waals surface area contributed by atoms with E-state index in [0.717, 1.165) is 18.9 Å². The van der Waals surface area contributed by atoms with E-state index in [0.29, 0.717) is 52.4 Å². The van der Waals surface area contributed by atoms with E-state index in [2.05, 4.69) is 57.5 Å². The Morgan fingerprint density at radius 2 is 1.93 bits per heavy atom. The number of nitrogens with zero attached hydrogens (tertiary/aromatic N) is 4. The van der Waals surface area contributed by atoms with E-state index in [-0.39, 0.29) is 30.9 Å². The Morgan fingerprint density at radius 1 is 1.24 bits per heavy atom. The van der Waals surface area contributed by atoms with Crippen LogP contribution in [0.15, 0.2) is 6.07 Å². The van der Waals surface area contributed by atoms with Crippen molar-refractivity contribution >= 4 is 59.6 Å². The second kappa shape index (κ2) is 12.9. The summed E-state index contributed by atoms with van der Waals surface area (Å²) < 4.78 is 25.5. The van der Waals surface area contributed by atoms with E-state index in [4.69, 9.17) is 23.9 Å². The van der Waals surface area contributed by atoms with Crippen LogP contribution in [-0.4, -0.2) is 85.6 Å². The summed E-state index contributed by atoms with van der Waals surface area (Å²) in [4.78, 5) is 33.0. The van der Waals surface area contributed by atoms with Gasteiger partial charge in [0.05, 0.1) is 36.3 Å². The van der Waals surface area contributed by atoms with Crippen LogP contribution in [0.25, 0.3) is 11.0 Å². The van der Waals surface area contributed by atoms with Crippen molar-refractivity contribution in [3.63, 3.8) is 0 Å². The standard InChI is InChI=1S/C29H46IN5O6Si/c1-9-39-26(36)20-16-21(31-25-22(20)24(30)33-35(25)18-38-14-15-42(6,7)8)34-12-10-29(11-13-34)17-40-19(2)23(29)32-27(37)41-28(3,4)5/h16,19,23H,9-15,17-18H2,1-8H3,(H,32,37)/t19-,23+/m0/s1. The molecule has 1 N–H and O–H groups in total. The van der Waals surface area contributed by atoms with E-state index in [1.54, 1.807) is 11.6 Å². The van der Waals surface area contributed by atoms with Crippen molar-refractivity contribution in [2.24, 2.45) is 5.41 Å². The molecule has 234 valence electrons. The predicted molar refractivity (Wildman–Crippen MR) is 173 cm³/mol. The minimum absolute atomic E-state index is 0.119. The summed E-state index contributed by atoms with van der Waals surface area (Å²) in [5.74, 6) is 0.306. The van der Waals surface area contributed by atoms with E-state index < -0.39 is 25.7 Å². The molecule has 0 radical (unpaired) electrons. The minimum Gasteiger partial charge on any atom is -0.462 e. The molecule has 0 unspecified atom stereocenters. The average Bonchev–Trinajstić information content (AvgIpc) is 3.36. The van der Waals surface area contributed by atoms with Gasteiger partial charge in [0.1, 0.15) is 21.9 Å². The Balaban J connectivity index is 1.57. The van der Waals surface area contributed by atoms with Gasteiger partial charge in [-0.05, 0) is 82.2 Å². The first-order valence-electron chi connectivity index (χ1n) is 14.8. The number of piperidine rings is 1. The summed E-state index contributed by atoms with van der Waals surface area (Å²) in [7, 11) is -1.23. The molecule has 2 atom stereocenters. The first-order valence-corrected chi connectivity index (χ1v) is 19.6. The molecule has 42 heavy (non-hydrogen) atoms. The number of hydrogen-bond acceptors (Lipinski definition) is 9. The van der Waals surface area contributed by atoms with Crippen molar-refractivity contribution in [3.05, 3.63) is 15.3 Å². The molecule has 2 fully saturated rings. The normalized spacial score (nSPS) is 20.7. The number of ether oxygens (including phenoxy) is 4. The predicted octanol–water partition coefficient (Wildman–Crippen LogP) is 5.42. The smallest absolute Gasteiger partial charge is 0.407 e. The number of rotatable bonds is 9. The van der Waals surface area contributed by atoms with Crippen LogP contribution in [0.1, 0.15) is 57.8 Å². The maximum atomic E-state index is 13.1. The molecule has 0 bridgehead atoms. The Bertz CT molecular complexity index is 1280. The maximum Gasteiger partial charge on any atom is 0.407 e. The molecular formula is C29H46IN5O6Si. The second-order valence-corrected chi connectivity index (χ2v) is 20.2. The fourth-order valence-corrected chi connectivity index (χ4v) is 7.13. The molecule has 4 heterocycles. The third kappa shape index (κ3) is 7.75. The van der Waals surface area contributed by atoms with Gasteiger partial charge in [-0.1, -0.05) is 19.6 Å². The third-order valence-corrected chi connectivity index (χ3v) is 10.3.